The van der Waals surface area contributed by atoms with Crippen LogP contribution in [0.3, 0.4) is 0 Å². The van der Waals surface area contributed by atoms with E-state index < -0.39 is 0 Å². The SMILES string of the molecule is COCCCNC(=O)c1ccc(NC(=O)CBr)cc1. The second-order valence-corrected chi connectivity index (χ2v) is 4.42. The van der Waals surface area contributed by atoms with Crippen LogP contribution in [-0.4, -0.2) is 37.4 Å². The Labute approximate surface area is 120 Å². The maximum atomic E-state index is 11.8. The predicted molar refractivity (Wildman–Crippen MR) is 77.7 cm³/mol. The number of nitrogens with one attached hydrogen (secondary N) is 2. The van der Waals surface area contributed by atoms with Gasteiger partial charge in [0.05, 0.1) is 5.33 Å². The highest BCUT2D eigenvalue weighted by Gasteiger charge is 2.05. The number of hydrogen-bond acceptors (Lipinski definition) is 3. The molecule has 0 aliphatic rings. The van der Waals surface area contributed by atoms with E-state index in [-0.39, 0.29) is 17.1 Å². The molecular formula is C13H17BrN2O3. The molecule has 0 aliphatic heterocycles. The first-order valence-electron chi connectivity index (χ1n) is 5.90. The lowest BCUT2D eigenvalue weighted by molar-refractivity contribution is -0.113. The van der Waals surface area contributed by atoms with Crippen molar-refractivity contribution in [3.8, 4) is 0 Å². The molecule has 5 nitrogen and oxygen atoms in total. The molecule has 0 heterocycles. The van der Waals surface area contributed by atoms with Crippen molar-refractivity contribution in [3.05, 3.63) is 29.8 Å². The van der Waals surface area contributed by atoms with Crippen molar-refractivity contribution in [1.82, 2.24) is 5.32 Å². The number of hydrogen-bond donors (Lipinski definition) is 2. The van der Waals surface area contributed by atoms with Gasteiger partial charge in [-0.05, 0) is 30.7 Å². The van der Waals surface area contributed by atoms with Gasteiger partial charge in [-0.15, -0.1) is 0 Å². The lowest BCUT2D eigenvalue weighted by Crippen LogP contribution is -2.25. The van der Waals surface area contributed by atoms with Gasteiger partial charge in [-0.1, -0.05) is 15.9 Å². The fourth-order valence-electron chi connectivity index (χ4n) is 1.42. The lowest BCUT2D eigenvalue weighted by atomic mass is 10.2. The average Bonchev–Trinajstić information content (AvgIpc) is 2.44. The van der Waals surface area contributed by atoms with Gasteiger partial charge in [-0.25, -0.2) is 0 Å². The van der Waals surface area contributed by atoms with Gasteiger partial charge in [0.1, 0.15) is 0 Å². The van der Waals surface area contributed by atoms with Crippen LogP contribution in [0.15, 0.2) is 24.3 Å². The number of halogens is 1. The van der Waals surface area contributed by atoms with Crippen LogP contribution in [0.4, 0.5) is 5.69 Å². The molecule has 0 aromatic heterocycles. The summed E-state index contributed by atoms with van der Waals surface area (Å²) in [5.74, 6) is -0.258. The summed E-state index contributed by atoms with van der Waals surface area (Å²) in [5, 5.41) is 5.72. The quantitative estimate of drug-likeness (QED) is 0.592. The van der Waals surface area contributed by atoms with E-state index in [1.807, 2.05) is 0 Å². The van der Waals surface area contributed by atoms with Gasteiger partial charge in [-0.2, -0.15) is 0 Å². The molecule has 6 heteroatoms. The number of alkyl halides is 1. The zero-order valence-corrected chi connectivity index (χ0v) is 12.3. The fourth-order valence-corrected chi connectivity index (χ4v) is 1.56. The molecule has 0 saturated carbocycles. The van der Waals surface area contributed by atoms with Crippen LogP contribution in [0.1, 0.15) is 16.8 Å². The second-order valence-electron chi connectivity index (χ2n) is 3.86. The molecule has 0 unspecified atom stereocenters. The first kappa shape index (κ1) is 15.7. The third-order valence-corrected chi connectivity index (χ3v) is 2.87. The number of ether oxygens (including phenoxy) is 1. The molecule has 0 spiro atoms. The molecule has 0 saturated heterocycles. The van der Waals surface area contributed by atoms with E-state index in [9.17, 15) is 9.59 Å². The average molecular weight is 329 g/mol. The van der Waals surface area contributed by atoms with E-state index >= 15 is 0 Å². The van der Waals surface area contributed by atoms with Crippen molar-refractivity contribution < 1.29 is 14.3 Å². The Morgan fingerprint density at radius 3 is 2.53 bits per heavy atom. The lowest BCUT2D eigenvalue weighted by Gasteiger charge is -2.06. The Morgan fingerprint density at radius 2 is 1.95 bits per heavy atom. The molecule has 0 fully saturated rings. The van der Waals surface area contributed by atoms with E-state index in [4.69, 9.17) is 4.74 Å². The molecule has 1 aromatic carbocycles. The number of rotatable bonds is 7. The summed E-state index contributed by atoms with van der Waals surface area (Å²) in [6, 6.07) is 6.75. The van der Waals surface area contributed by atoms with Crippen LogP contribution in [-0.2, 0) is 9.53 Å². The Morgan fingerprint density at radius 1 is 1.26 bits per heavy atom. The molecule has 2 amide bonds. The van der Waals surface area contributed by atoms with E-state index in [2.05, 4.69) is 26.6 Å². The van der Waals surface area contributed by atoms with Crippen molar-refractivity contribution in [2.75, 3.05) is 30.9 Å². The molecule has 0 radical (unpaired) electrons. The minimum atomic E-state index is -0.130. The van der Waals surface area contributed by atoms with Gasteiger partial charge in [0.15, 0.2) is 0 Å². The van der Waals surface area contributed by atoms with Gasteiger partial charge in [0, 0.05) is 31.5 Å². The topological polar surface area (TPSA) is 67.4 Å². The van der Waals surface area contributed by atoms with Crippen molar-refractivity contribution in [3.63, 3.8) is 0 Å². The molecular weight excluding hydrogens is 312 g/mol. The third kappa shape index (κ3) is 5.85. The first-order valence-corrected chi connectivity index (χ1v) is 7.02. The highest BCUT2D eigenvalue weighted by molar-refractivity contribution is 9.09. The number of carbonyl (C=O) groups is 2. The maximum absolute atomic E-state index is 11.8. The highest BCUT2D eigenvalue weighted by Crippen LogP contribution is 2.09. The van der Waals surface area contributed by atoms with Crippen LogP contribution in [0.2, 0.25) is 0 Å². The first-order chi connectivity index (χ1) is 9.17. The fraction of sp³-hybridized carbons (Fsp3) is 0.385. The van der Waals surface area contributed by atoms with Crippen molar-refractivity contribution in [2.24, 2.45) is 0 Å². The van der Waals surface area contributed by atoms with E-state index in [0.717, 1.165) is 6.42 Å². The van der Waals surface area contributed by atoms with Crippen LogP contribution in [0.5, 0.6) is 0 Å². The van der Waals surface area contributed by atoms with Gasteiger partial charge in [0.25, 0.3) is 5.91 Å². The summed E-state index contributed by atoms with van der Waals surface area (Å²) in [6.45, 7) is 1.20. The standard InChI is InChI=1S/C13H17BrN2O3/c1-19-8-2-7-15-13(18)10-3-5-11(6-4-10)16-12(17)9-14/h3-6H,2,7-9H2,1H3,(H,15,18)(H,16,17). The van der Waals surface area contributed by atoms with Gasteiger partial charge >= 0.3 is 0 Å². The third-order valence-electron chi connectivity index (χ3n) is 2.36. The van der Waals surface area contributed by atoms with Gasteiger partial charge < -0.3 is 15.4 Å². The number of anilines is 1. The number of methoxy groups -OCH3 is 1. The summed E-state index contributed by atoms with van der Waals surface area (Å²) in [6.07, 6.45) is 0.779. The Balaban J connectivity index is 2.46. The van der Waals surface area contributed by atoms with Crippen molar-refractivity contribution in [1.29, 1.82) is 0 Å². The Hall–Kier alpha value is -1.40. The van der Waals surface area contributed by atoms with Crippen LogP contribution in [0.25, 0.3) is 0 Å². The predicted octanol–water partition coefficient (Wildman–Crippen LogP) is 1.79. The largest absolute Gasteiger partial charge is 0.385 e. The summed E-state index contributed by atoms with van der Waals surface area (Å²) >= 11 is 3.06. The number of carbonyl (C=O) groups excluding carboxylic acids is 2. The normalized spacial score (nSPS) is 10.0. The van der Waals surface area contributed by atoms with Gasteiger partial charge in [-0.3, -0.25) is 9.59 Å². The summed E-state index contributed by atoms with van der Waals surface area (Å²) in [4.78, 5) is 22.9. The molecule has 1 aromatic rings. The van der Waals surface area contributed by atoms with Crippen LogP contribution >= 0.6 is 15.9 Å². The zero-order chi connectivity index (χ0) is 14.1. The summed E-state index contributed by atoms with van der Waals surface area (Å²) in [7, 11) is 1.63. The zero-order valence-electron chi connectivity index (χ0n) is 10.7. The van der Waals surface area contributed by atoms with Crippen molar-refractivity contribution in [2.45, 2.75) is 6.42 Å². The highest BCUT2D eigenvalue weighted by atomic mass is 79.9. The second kappa shape index (κ2) is 8.66. The minimum absolute atomic E-state index is 0.128. The molecule has 1 rings (SSSR count). The molecule has 0 aliphatic carbocycles. The van der Waals surface area contributed by atoms with Crippen LogP contribution in [0, 0.1) is 0 Å². The monoisotopic (exact) mass is 328 g/mol. The molecule has 19 heavy (non-hydrogen) atoms. The molecule has 2 N–H and O–H groups in total. The summed E-state index contributed by atoms with van der Waals surface area (Å²) < 4.78 is 4.90. The van der Waals surface area contributed by atoms with E-state index in [1.54, 1.807) is 31.4 Å². The van der Waals surface area contributed by atoms with Crippen molar-refractivity contribution >= 4 is 33.4 Å². The van der Waals surface area contributed by atoms with E-state index in [1.165, 1.54) is 0 Å². The number of amides is 2. The Kier molecular flexibility index (Phi) is 7.14. The summed E-state index contributed by atoms with van der Waals surface area (Å²) in [5.41, 5.74) is 1.23. The molecule has 104 valence electrons. The Bertz CT molecular complexity index is 420. The maximum Gasteiger partial charge on any atom is 0.251 e. The molecule has 0 bridgehead atoms. The number of benzene rings is 1. The van der Waals surface area contributed by atoms with Crippen LogP contribution < -0.4 is 10.6 Å². The minimum Gasteiger partial charge on any atom is -0.385 e. The van der Waals surface area contributed by atoms with E-state index in [0.29, 0.717) is 24.4 Å². The smallest absolute Gasteiger partial charge is 0.251 e. The van der Waals surface area contributed by atoms with Gasteiger partial charge in [0.2, 0.25) is 5.91 Å². The molecule has 0 atom stereocenters.